The first-order valence-corrected chi connectivity index (χ1v) is 7.46. The van der Waals surface area contributed by atoms with Crippen LogP contribution < -0.4 is 5.32 Å². The average molecular weight is 315 g/mol. The summed E-state index contributed by atoms with van der Waals surface area (Å²) >= 11 is 0. The third kappa shape index (κ3) is 3.98. The van der Waals surface area contributed by atoms with Gasteiger partial charge in [-0.15, -0.1) is 0 Å². The van der Waals surface area contributed by atoms with Gasteiger partial charge in [0.15, 0.2) is 5.76 Å². The Labute approximate surface area is 133 Å². The predicted molar refractivity (Wildman–Crippen MR) is 82.4 cm³/mol. The normalized spacial score (nSPS) is 17.0. The number of anilines is 1. The topological polar surface area (TPSA) is 77.8 Å². The van der Waals surface area contributed by atoms with Crippen molar-refractivity contribution >= 4 is 17.6 Å². The molecular formula is C17H17NO5. The van der Waals surface area contributed by atoms with Crippen LogP contribution in [0.3, 0.4) is 0 Å². The minimum absolute atomic E-state index is 0.00538. The number of hydrogen-bond donors (Lipinski definition) is 1. The maximum Gasteiger partial charge on any atom is 0.338 e. The number of carbonyl (C=O) groups excluding carboxylic acids is 2. The van der Waals surface area contributed by atoms with Crippen molar-refractivity contribution in [3.05, 3.63) is 54.0 Å². The lowest BCUT2D eigenvalue weighted by atomic mass is 10.2. The molecule has 0 bridgehead atoms. The molecule has 23 heavy (non-hydrogen) atoms. The van der Waals surface area contributed by atoms with Crippen LogP contribution in [0.1, 0.15) is 33.8 Å². The summed E-state index contributed by atoms with van der Waals surface area (Å²) in [5, 5.41) is 2.68. The molecule has 1 aromatic heterocycles. The van der Waals surface area contributed by atoms with Crippen LogP contribution in [0.4, 0.5) is 5.69 Å². The van der Waals surface area contributed by atoms with Crippen LogP contribution in [0.15, 0.2) is 47.1 Å². The van der Waals surface area contributed by atoms with Gasteiger partial charge >= 0.3 is 5.97 Å². The van der Waals surface area contributed by atoms with Crippen LogP contribution in [-0.2, 0) is 9.47 Å². The summed E-state index contributed by atoms with van der Waals surface area (Å²) in [6, 6.07) is 9.71. The van der Waals surface area contributed by atoms with Gasteiger partial charge in [-0.3, -0.25) is 4.79 Å². The smallest absolute Gasteiger partial charge is 0.338 e. The van der Waals surface area contributed by atoms with Crippen molar-refractivity contribution in [1.29, 1.82) is 0 Å². The molecule has 6 nitrogen and oxygen atoms in total. The molecule has 6 heteroatoms. The van der Waals surface area contributed by atoms with E-state index in [1.165, 1.54) is 6.26 Å². The Balaban J connectivity index is 1.53. The van der Waals surface area contributed by atoms with E-state index in [1.54, 1.807) is 36.4 Å². The van der Waals surface area contributed by atoms with Gasteiger partial charge in [0.25, 0.3) is 5.91 Å². The van der Waals surface area contributed by atoms with Crippen LogP contribution in [0.5, 0.6) is 0 Å². The number of benzene rings is 1. The number of esters is 1. The Morgan fingerprint density at radius 3 is 2.70 bits per heavy atom. The molecule has 0 saturated carbocycles. The monoisotopic (exact) mass is 315 g/mol. The Hall–Kier alpha value is -2.60. The zero-order valence-corrected chi connectivity index (χ0v) is 12.5. The van der Waals surface area contributed by atoms with Crippen molar-refractivity contribution in [2.75, 3.05) is 18.5 Å². The maximum atomic E-state index is 11.9. The summed E-state index contributed by atoms with van der Waals surface area (Å²) in [6.45, 7) is 1.00. The molecule has 0 aliphatic carbocycles. The zero-order chi connectivity index (χ0) is 16.1. The highest BCUT2D eigenvalue weighted by Crippen LogP contribution is 2.15. The Kier molecular flexibility index (Phi) is 4.73. The van der Waals surface area contributed by atoms with Crippen molar-refractivity contribution in [2.24, 2.45) is 0 Å². The van der Waals surface area contributed by atoms with E-state index < -0.39 is 5.97 Å². The molecule has 3 rings (SSSR count). The van der Waals surface area contributed by atoms with Crippen molar-refractivity contribution < 1.29 is 23.5 Å². The Bertz CT molecular complexity index is 657. The summed E-state index contributed by atoms with van der Waals surface area (Å²) in [7, 11) is 0. The Morgan fingerprint density at radius 2 is 2.04 bits per heavy atom. The first-order chi connectivity index (χ1) is 11.2. The second kappa shape index (κ2) is 7.11. The van der Waals surface area contributed by atoms with Crippen molar-refractivity contribution in [3.63, 3.8) is 0 Å². The van der Waals surface area contributed by atoms with Gasteiger partial charge in [-0.2, -0.15) is 0 Å². The van der Waals surface area contributed by atoms with E-state index in [4.69, 9.17) is 13.9 Å². The van der Waals surface area contributed by atoms with Gasteiger partial charge < -0.3 is 19.2 Å². The molecule has 1 saturated heterocycles. The van der Waals surface area contributed by atoms with Gasteiger partial charge in [0.05, 0.1) is 17.9 Å². The molecule has 1 unspecified atom stereocenters. The molecule has 0 radical (unpaired) electrons. The molecule has 2 aromatic rings. The predicted octanol–water partition coefficient (Wildman–Crippen LogP) is 2.87. The lowest BCUT2D eigenvalue weighted by Crippen LogP contribution is -2.18. The van der Waals surface area contributed by atoms with Gasteiger partial charge in [0, 0.05) is 12.3 Å². The van der Waals surface area contributed by atoms with E-state index in [0.29, 0.717) is 11.3 Å². The van der Waals surface area contributed by atoms with Crippen molar-refractivity contribution in [3.8, 4) is 0 Å². The van der Waals surface area contributed by atoms with Crippen LogP contribution in [0.2, 0.25) is 0 Å². The fourth-order valence-corrected chi connectivity index (χ4v) is 2.32. The summed E-state index contributed by atoms with van der Waals surface area (Å²) in [5.41, 5.74) is 1.00. The highest BCUT2D eigenvalue weighted by molar-refractivity contribution is 6.02. The van der Waals surface area contributed by atoms with E-state index in [9.17, 15) is 9.59 Å². The SMILES string of the molecule is O=C(OCC1CCCO1)c1ccc(NC(=O)c2ccco2)cc1. The van der Waals surface area contributed by atoms with Gasteiger partial charge in [0.1, 0.15) is 6.61 Å². The first kappa shape index (κ1) is 15.3. The van der Waals surface area contributed by atoms with E-state index in [2.05, 4.69) is 5.32 Å². The van der Waals surface area contributed by atoms with E-state index >= 15 is 0 Å². The number of amides is 1. The largest absolute Gasteiger partial charge is 0.459 e. The Morgan fingerprint density at radius 1 is 1.22 bits per heavy atom. The summed E-state index contributed by atoms with van der Waals surface area (Å²) < 4.78 is 15.6. The van der Waals surface area contributed by atoms with Crippen LogP contribution in [0, 0.1) is 0 Å². The number of rotatable bonds is 5. The van der Waals surface area contributed by atoms with Gasteiger partial charge in [-0.25, -0.2) is 4.79 Å². The molecule has 1 aliphatic heterocycles. The average Bonchev–Trinajstić information content (AvgIpc) is 3.26. The van der Waals surface area contributed by atoms with E-state index in [1.807, 2.05) is 0 Å². The molecule has 120 valence electrons. The second-order valence-corrected chi connectivity index (χ2v) is 5.24. The molecular weight excluding hydrogens is 298 g/mol. The zero-order valence-electron chi connectivity index (χ0n) is 12.5. The molecule has 1 atom stereocenters. The molecule has 1 N–H and O–H groups in total. The van der Waals surface area contributed by atoms with E-state index in [-0.39, 0.29) is 24.4 Å². The lowest BCUT2D eigenvalue weighted by Gasteiger charge is -2.10. The number of hydrogen-bond acceptors (Lipinski definition) is 5. The molecule has 1 fully saturated rings. The standard InChI is InChI=1S/C17H17NO5/c19-16(15-4-2-10-22-15)18-13-7-5-12(6-8-13)17(20)23-11-14-3-1-9-21-14/h2,4-8,10,14H,1,3,9,11H2,(H,18,19). The highest BCUT2D eigenvalue weighted by Gasteiger charge is 2.18. The molecule has 2 heterocycles. The van der Waals surface area contributed by atoms with Gasteiger partial charge in [0.2, 0.25) is 0 Å². The maximum absolute atomic E-state index is 11.9. The van der Waals surface area contributed by atoms with Gasteiger partial charge in [-0.1, -0.05) is 0 Å². The van der Waals surface area contributed by atoms with E-state index in [0.717, 1.165) is 19.4 Å². The van der Waals surface area contributed by atoms with Crippen LogP contribution >= 0.6 is 0 Å². The minimum Gasteiger partial charge on any atom is -0.459 e. The first-order valence-electron chi connectivity index (χ1n) is 7.46. The third-order valence-electron chi connectivity index (χ3n) is 3.55. The minimum atomic E-state index is -0.399. The van der Waals surface area contributed by atoms with Crippen molar-refractivity contribution in [1.82, 2.24) is 0 Å². The number of furan rings is 1. The summed E-state index contributed by atoms with van der Waals surface area (Å²) in [6.07, 6.45) is 3.37. The molecule has 1 aromatic carbocycles. The third-order valence-corrected chi connectivity index (χ3v) is 3.55. The second-order valence-electron chi connectivity index (χ2n) is 5.24. The summed E-state index contributed by atoms with van der Waals surface area (Å²) in [4.78, 5) is 23.8. The number of carbonyl (C=O) groups is 2. The molecule has 1 amide bonds. The highest BCUT2D eigenvalue weighted by atomic mass is 16.6. The summed E-state index contributed by atoms with van der Waals surface area (Å²) in [5.74, 6) is -0.516. The fourth-order valence-electron chi connectivity index (χ4n) is 2.32. The number of ether oxygens (including phenoxy) is 2. The lowest BCUT2D eigenvalue weighted by molar-refractivity contribution is 0.0161. The molecule has 1 aliphatic rings. The fraction of sp³-hybridized carbons (Fsp3) is 0.294. The quantitative estimate of drug-likeness (QED) is 0.858. The van der Waals surface area contributed by atoms with Crippen LogP contribution in [0.25, 0.3) is 0 Å². The van der Waals surface area contributed by atoms with Crippen LogP contribution in [-0.4, -0.2) is 31.2 Å². The number of nitrogens with one attached hydrogen (secondary N) is 1. The van der Waals surface area contributed by atoms with Crippen molar-refractivity contribution in [2.45, 2.75) is 18.9 Å². The van der Waals surface area contributed by atoms with Gasteiger partial charge in [-0.05, 0) is 49.2 Å². The molecule has 0 spiro atoms.